The number of halogens is 2. The van der Waals surface area contributed by atoms with E-state index in [9.17, 15) is 13.2 Å². The number of methoxy groups -OCH3 is 1. The normalized spacial score (nSPS) is 11.2. The van der Waals surface area contributed by atoms with E-state index in [1.807, 2.05) is 0 Å². The van der Waals surface area contributed by atoms with Gasteiger partial charge in [0.15, 0.2) is 17.2 Å². The molecule has 3 aromatic rings. The average Bonchev–Trinajstić information content (AvgIpc) is 2.84. The summed E-state index contributed by atoms with van der Waals surface area (Å²) < 4.78 is 41.2. The van der Waals surface area contributed by atoms with E-state index in [4.69, 9.17) is 36.9 Å². The zero-order valence-corrected chi connectivity index (χ0v) is 20.7. The van der Waals surface area contributed by atoms with Gasteiger partial charge >= 0.3 is 10.1 Å². The topological polar surface area (TPSA) is 103 Å². The van der Waals surface area contributed by atoms with Gasteiger partial charge in [-0.25, -0.2) is 5.43 Å². The van der Waals surface area contributed by atoms with Crippen LogP contribution in [-0.2, 0) is 10.1 Å². The quantitative estimate of drug-likeness (QED) is 0.168. The summed E-state index contributed by atoms with van der Waals surface area (Å²) in [6.45, 7) is 3.87. The molecule has 0 bridgehead atoms. The molecule has 0 saturated carbocycles. The molecule has 0 atom stereocenters. The number of hydrazone groups is 1. The summed E-state index contributed by atoms with van der Waals surface area (Å²) >= 11 is 11.9. The summed E-state index contributed by atoms with van der Waals surface area (Å²) in [5.74, 6) is 0.248. The highest BCUT2D eigenvalue weighted by Gasteiger charge is 2.18. The van der Waals surface area contributed by atoms with Crippen LogP contribution in [0.25, 0.3) is 0 Å². The van der Waals surface area contributed by atoms with E-state index in [2.05, 4.69) is 17.1 Å². The van der Waals surface area contributed by atoms with Crippen molar-refractivity contribution in [2.24, 2.45) is 5.10 Å². The highest BCUT2D eigenvalue weighted by atomic mass is 35.5. The lowest BCUT2D eigenvalue weighted by atomic mass is 10.2. The monoisotopic (exact) mass is 534 g/mol. The molecule has 0 heterocycles. The van der Waals surface area contributed by atoms with Gasteiger partial charge in [0.2, 0.25) is 0 Å². The molecule has 0 unspecified atom stereocenters. The van der Waals surface area contributed by atoms with Gasteiger partial charge in [-0.05, 0) is 60.7 Å². The summed E-state index contributed by atoms with van der Waals surface area (Å²) in [6, 6.07) is 14.4. The molecule has 0 radical (unpaired) electrons. The van der Waals surface area contributed by atoms with Crippen LogP contribution in [0.5, 0.6) is 17.2 Å². The third-order valence-corrected chi connectivity index (χ3v) is 6.16. The SMILES string of the molecule is C=CCOc1ccc(C(=O)N/N=C/c2cc(Cl)ccc2OS(=O)(=O)c2ccc(Cl)cc2)cc1OC. The van der Waals surface area contributed by atoms with Crippen molar-refractivity contribution in [2.45, 2.75) is 4.90 Å². The maximum absolute atomic E-state index is 12.6. The second kappa shape index (κ2) is 11.7. The number of benzene rings is 3. The number of carbonyl (C=O) groups excluding carboxylic acids is 1. The highest BCUT2D eigenvalue weighted by molar-refractivity contribution is 7.87. The molecule has 1 N–H and O–H groups in total. The van der Waals surface area contributed by atoms with Gasteiger partial charge in [0, 0.05) is 21.2 Å². The Hall–Kier alpha value is -3.53. The Labute approximate surface area is 212 Å². The van der Waals surface area contributed by atoms with Gasteiger partial charge in [-0.2, -0.15) is 13.5 Å². The Balaban J connectivity index is 1.77. The fraction of sp³-hybridized carbons (Fsp3) is 0.0833. The van der Waals surface area contributed by atoms with Crippen LogP contribution in [0, 0.1) is 0 Å². The second-order valence-electron chi connectivity index (χ2n) is 6.84. The van der Waals surface area contributed by atoms with Crippen molar-refractivity contribution in [2.75, 3.05) is 13.7 Å². The maximum atomic E-state index is 12.6. The molecule has 3 rings (SSSR count). The van der Waals surface area contributed by atoms with Gasteiger partial charge in [-0.15, -0.1) is 0 Å². The highest BCUT2D eigenvalue weighted by Crippen LogP contribution is 2.28. The summed E-state index contributed by atoms with van der Waals surface area (Å²) in [6.07, 6.45) is 2.80. The van der Waals surface area contributed by atoms with Crippen LogP contribution in [0.2, 0.25) is 10.0 Å². The molecular weight excluding hydrogens is 515 g/mol. The molecule has 35 heavy (non-hydrogen) atoms. The fourth-order valence-corrected chi connectivity index (χ4v) is 4.03. The minimum absolute atomic E-state index is 0.0345. The van der Waals surface area contributed by atoms with Gasteiger partial charge in [0.1, 0.15) is 11.5 Å². The van der Waals surface area contributed by atoms with Crippen molar-refractivity contribution in [1.29, 1.82) is 0 Å². The first kappa shape index (κ1) is 26.1. The minimum atomic E-state index is -4.15. The van der Waals surface area contributed by atoms with E-state index >= 15 is 0 Å². The van der Waals surface area contributed by atoms with Crippen LogP contribution in [0.3, 0.4) is 0 Å². The number of nitrogens with zero attached hydrogens (tertiary/aromatic N) is 1. The van der Waals surface area contributed by atoms with E-state index in [1.54, 1.807) is 18.2 Å². The summed E-state index contributed by atoms with van der Waals surface area (Å²) in [7, 11) is -2.70. The number of hydrogen-bond acceptors (Lipinski definition) is 7. The third kappa shape index (κ3) is 6.98. The lowest BCUT2D eigenvalue weighted by Gasteiger charge is -2.11. The third-order valence-electron chi connectivity index (χ3n) is 4.43. The molecule has 11 heteroatoms. The van der Waals surface area contributed by atoms with Gasteiger partial charge in [0.05, 0.1) is 13.3 Å². The number of amides is 1. The Morgan fingerprint density at radius 2 is 1.69 bits per heavy atom. The largest absolute Gasteiger partial charge is 0.493 e. The maximum Gasteiger partial charge on any atom is 0.339 e. The Bertz CT molecular complexity index is 1360. The predicted octanol–water partition coefficient (Wildman–Crippen LogP) is 5.10. The summed E-state index contributed by atoms with van der Waals surface area (Å²) in [5, 5.41) is 4.60. The van der Waals surface area contributed by atoms with Gasteiger partial charge in [-0.1, -0.05) is 35.9 Å². The lowest BCUT2D eigenvalue weighted by molar-refractivity contribution is 0.0954. The van der Waals surface area contributed by atoms with E-state index in [1.165, 1.54) is 61.9 Å². The molecule has 0 aliphatic carbocycles. The van der Waals surface area contributed by atoms with Crippen LogP contribution >= 0.6 is 23.2 Å². The van der Waals surface area contributed by atoms with Gasteiger partial charge < -0.3 is 13.7 Å². The molecule has 182 valence electrons. The van der Waals surface area contributed by atoms with Crippen LogP contribution < -0.4 is 19.1 Å². The molecule has 0 spiro atoms. The number of ether oxygens (including phenoxy) is 2. The zero-order valence-electron chi connectivity index (χ0n) is 18.4. The second-order valence-corrected chi connectivity index (χ2v) is 9.26. The van der Waals surface area contributed by atoms with Crippen LogP contribution in [0.1, 0.15) is 15.9 Å². The molecule has 3 aromatic carbocycles. The molecule has 8 nitrogen and oxygen atoms in total. The van der Waals surface area contributed by atoms with Gasteiger partial charge in [-0.3, -0.25) is 4.79 Å². The fourth-order valence-electron chi connectivity index (χ4n) is 2.77. The van der Waals surface area contributed by atoms with Crippen LogP contribution in [0.4, 0.5) is 0 Å². The van der Waals surface area contributed by atoms with Crippen molar-refractivity contribution >= 4 is 45.4 Å². The smallest absolute Gasteiger partial charge is 0.339 e. The van der Waals surface area contributed by atoms with E-state index in [-0.39, 0.29) is 28.4 Å². The molecular formula is C24H20Cl2N2O6S. The number of carbonyl (C=O) groups is 1. The summed E-state index contributed by atoms with van der Waals surface area (Å²) in [5.41, 5.74) is 2.85. The Morgan fingerprint density at radius 1 is 1.00 bits per heavy atom. The zero-order chi connectivity index (χ0) is 25.4. The molecule has 0 saturated heterocycles. The Kier molecular flexibility index (Phi) is 8.75. The number of hydrogen-bond donors (Lipinski definition) is 1. The minimum Gasteiger partial charge on any atom is -0.493 e. The molecule has 0 aliphatic rings. The first-order valence-electron chi connectivity index (χ1n) is 9.98. The molecule has 0 fully saturated rings. The van der Waals surface area contributed by atoms with Crippen LogP contribution in [0.15, 0.2) is 83.3 Å². The van der Waals surface area contributed by atoms with Crippen molar-refractivity contribution in [3.63, 3.8) is 0 Å². The van der Waals surface area contributed by atoms with Crippen molar-refractivity contribution in [3.8, 4) is 17.2 Å². The molecule has 0 aliphatic heterocycles. The standard InChI is InChI=1S/C24H20Cl2N2O6S/c1-3-12-33-22-10-4-16(14-23(22)32-2)24(29)28-27-15-17-13-19(26)7-11-21(17)34-35(30,31)20-8-5-18(25)6-9-20/h3-11,13-15H,1,12H2,2H3,(H,28,29)/b27-15+. The van der Waals surface area contributed by atoms with Crippen LogP contribution in [-0.4, -0.2) is 34.3 Å². The van der Waals surface area contributed by atoms with E-state index < -0.39 is 16.0 Å². The predicted molar refractivity (Wildman–Crippen MR) is 134 cm³/mol. The molecule has 1 amide bonds. The van der Waals surface area contributed by atoms with Gasteiger partial charge in [0.25, 0.3) is 5.91 Å². The van der Waals surface area contributed by atoms with Crippen molar-refractivity contribution in [1.82, 2.24) is 5.43 Å². The van der Waals surface area contributed by atoms with E-state index in [0.717, 1.165) is 0 Å². The summed E-state index contributed by atoms with van der Waals surface area (Å²) in [4.78, 5) is 12.4. The number of rotatable bonds is 10. The molecule has 0 aromatic heterocycles. The lowest BCUT2D eigenvalue weighted by Crippen LogP contribution is -2.18. The Morgan fingerprint density at radius 3 is 2.37 bits per heavy atom. The number of nitrogens with one attached hydrogen (secondary N) is 1. The average molecular weight is 535 g/mol. The first-order chi connectivity index (χ1) is 16.7. The van der Waals surface area contributed by atoms with Crippen molar-refractivity contribution < 1.29 is 26.9 Å². The first-order valence-corrected chi connectivity index (χ1v) is 12.1. The van der Waals surface area contributed by atoms with E-state index in [0.29, 0.717) is 21.5 Å². The van der Waals surface area contributed by atoms with Crippen molar-refractivity contribution in [3.05, 3.63) is 94.5 Å².